The molecule has 88 valence electrons. The molecular weight excluding hydrogens is 232 g/mol. The second kappa shape index (κ2) is 4.63. The van der Waals surface area contributed by atoms with Crippen molar-refractivity contribution in [2.75, 3.05) is 6.54 Å². The van der Waals surface area contributed by atoms with Crippen molar-refractivity contribution < 1.29 is 0 Å². The summed E-state index contributed by atoms with van der Waals surface area (Å²) in [5.74, 6) is 0. The zero-order chi connectivity index (χ0) is 11.7. The lowest BCUT2D eigenvalue weighted by molar-refractivity contribution is 0.604. The molecule has 17 heavy (non-hydrogen) atoms. The molecule has 0 radical (unpaired) electrons. The minimum absolute atomic E-state index is 0.599. The van der Waals surface area contributed by atoms with Gasteiger partial charge in [-0.1, -0.05) is 17.7 Å². The Morgan fingerprint density at radius 3 is 3.12 bits per heavy atom. The average molecular weight is 247 g/mol. The molecule has 2 nitrogen and oxygen atoms in total. The highest BCUT2D eigenvalue weighted by Gasteiger charge is 2.16. The van der Waals surface area contributed by atoms with E-state index in [0.717, 1.165) is 28.9 Å². The molecule has 3 rings (SSSR count). The van der Waals surface area contributed by atoms with Crippen LogP contribution in [0.15, 0.2) is 30.5 Å². The van der Waals surface area contributed by atoms with Crippen molar-refractivity contribution in [3.63, 3.8) is 0 Å². The minimum atomic E-state index is 0.599. The highest BCUT2D eigenvalue weighted by Crippen LogP contribution is 2.26. The molecule has 2 aromatic rings. The standard InChI is InChI=1S/C14H15ClN2/c15-13-6-5-10(9-11-3-1-7-16-11)14-12(13)4-2-8-17-14/h2,4-6,8,11,16H,1,3,7,9H2. The van der Waals surface area contributed by atoms with Gasteiger partial charge >= 0.3 is 0 Å². The lowest BCUT2D eigenvalue weighted by atomic mass is 10.0. The van der Waals surface area contributed by atoms with E-state index in [2.05, 4.69) is 16.4 Å². The number of nitrogens with zero attached hydrogens (tertiary/aromatic N) is 1. The fourth-order valence-electron chi connectivity index (χ4n) is 2.56. The molecule has 0 amide bonds. The number of halogens is 1. The van der Waals surface area contributed by atoms with Crippen LogP contribution >= 0.6 is 11.6 Å². The van der Waals surface area contributed by atoms with Gasteiger partial charge in [0.2, 0.25) is 0 Å². The Morgan fingerprint density at radius 2 is 2.29 bits per heavy atom. The Bertz CT molecular complexity index is 533. The predicted molar refractivity (Wildman–Crippen MR) is 71.5 cm³/mol. The molecule has 3 heteroatoms. The van der Waals surface area contributed by atoms with Crippen LogP contribution < -0.4 is 5.32 Å². The van der Waals surface area contributed by atoms with Gasteiger partial charge in [-0.05, 0) is 49.6 Å². The zero-order valence-electron chi connectivity index (χ0n) is 9.62. The van der Waals surface area contributed by atoms with Crippen LogP contribution in [0.25, 0.3) is 10.9 Å². The summed E-state index contributed by atoms with van der Waals surface area (Å²) in [6, 6.07) is 8.66. The van der Waals surface area contributed by atoms with E-state index in [1.54, 1.807) is 0 Å². The fraction of sp³-hybridized carbons (Fsp3) is 0.357. The van der Waals surface area contributed by atoms with Crippen molar-refractivity contribution in [3.05, 3.63) is 41.0 Å². The van der Waals surface area contributed by atoms with Crippen LogP contribution in [0.2, 0.25) is 5.02 Å². The number of rotatable bonds is 2. The van der Waals surface area contributed by atoms with E-state index in [1.165, 1.54) is 18.4 Å². The topological polar surface area (TPSA) is 24.9 Å². The summed E-state index contributed by atoms with van der Waals surface area (Å²) in [6.07, 6.45) is 5.43. The number of pyridine rings is 1. The molecule has 0 bridgehead atoms. The summed E-state index contributed by atoms with van der Waals surface area (Å²) in [5, 5.41) is 5.37. The smallest absolute Gasteiger partial charge is 0.0749 e. The molecular formula is C14H15ClN2. The molecule has 1 aliphatic rings. The normalized spacial score (nSPS) is 19.9. The van der Waals surface area contributed by atoms with Gasteiger partial charge in [0.1, 0.15) is 0 Å². The summed E-state index contributed by atoms with van der Waals surface area (Å²) in [7, 11) is 0. The summed E-state index contributed by atoms with van der Waals surface area (Å²) in [4.78, 5) is 4.47. The van der Waals surface area contributed by atoms with E-state index in [9.17, 15) is 0 Å². The van der Waals surface area contributed by atoms with Gasteiger partial charge in [0, 0.05) is 22.6 Å². The molecule has 2 heterocycles. The van der Waals surface area contributed by atoms with Gasteiger partial charge in [0.05, 0.1) is 5.52 Å². The summed E-state index contributed by atoms with van der Waals surface area (Å²) in [6.45, 7) is 1.14. The van der Waals surface area contributed by atoms with E-state index in [-0.39, 0.29) is 0 Å². The molecule has 1 aromatic heterocycles. The molecule has 1 aliphatic heterocycles. The molecule has 1 saturated heterocycles. The van der Waals surface area contributed by atoms with Gasteiger partial charge in [-0.2, -0.15) is 0 Å². The third-order valence-corrected chi connectivity index (χ3v) is 3.76. The number of hydrogen-bond donors (Lipinski definition) is 1. The van der Waals surface area contributed by atoms with Crippen LogP contribution in [0, 0.1) is 0 Å². The van der Waals surface area contributed by atoms with Gasteiger partial charge in [-0.25, -0.2) is 0 Å². The van der Waals surface area contributed by atoms with E-state index < -0.39 is 0 Å². The number of aromatic nitrogens is 1. The van der Waals surface area contributed by atoms with Crippen molar-refractivity contribution in [1.82, 2.24) is 10.3 Å². The van der Waals surface area contributed by atoms with Crippen LogP contribution in [0.4, 0.5) is 0 Å². The third-order valence-electron chi connectivity index (χ3n) is 3.43. The van der Waals surface area contributed by atoms with Crippen molar-refractivity contribution >= 4 is 22.5 Å². The molecule has 1 N–H and O–H groups in total. The van der Waals surface area contributed by atoms with Crippen LogP contribution in [0.5, 0.6) is 0 Å². The molecule has 1 unspecified atom stereocenters. The van der Waals surface area contributed by atoms with Gasteiger partial charge < -0.3 is 5.32 Å². The van der Waals surface area contributed by atoms with Gasteiger partial charge in [-0.3, -0.25) is 4.98 Å². The first kappa shape index (κ1) is 11.0. The van der Waals surface area contributed by atoms with Crippen molar-refractivity contribution in [1.29, 1.82) is 0 Å². The number of fused-ring (bicyclic) bond motifs is 1. The van der Waals surface area contributed by atoms with E-state index in [1.807, 2.05) is 24.4 Å². The molecule has 0 saturated carbocycles. The number of nitrogens with one attached hydrogen (secondary N) is 1. The van der Waals surface area contributed by atoms with Crippen LogP contribution in [-0.4, -0.2) is 17.6 Å². The Morgan fingerprint density at radius 1 is 1.35 bits per heavy atom. The second-order valence-corrected chi connectivity index (χ2v) is 5.01. The molecule has 1 atom stereocenters. The maximum atomic E-state index is 6.19. The third kappa shape index (κ3) is 2.15. The van der Waals surface area contributed by atoms with E-state index in [0.29, 0.717) is 6.04 Å². The fourth-order valence-corrected chi connectivity index (χ4v) is 2.77. The quantitative estimate of drug-likeness (QED) is 0.881. The maximum absolute atomic E-state index is 6.19. The molecule has 0 spiro atoms. The van der Waals surface area contributed by atoms with E-state index in [4.69, 9.17) is 11.6 Å². The maximum Gasteiger partial charge on any atom is 0.0749 e. The highest BCUT2D eigenvalue weighted by molar-refractivity contribution is 6.35. The van der Waals surface area contributed by atoms with Crippen molar-refractivity contribution in [2.45, 2.75) is 25.3 Å². The number of benzene rings is 1. The van der Waals surface area contributed by atoms with Gasteiger partial charge in [0.15, 0.2) is 0 Å². The second-order valence-electron chi connectivity index (χ2n) is 4.60. The SMILES string of the molecule is Clc1ccc(CC2CCCN2)c2ncccc12. The molecule has 1 fully saturated rings. The monoisotopic (exact) mass is 246 g/mol. The lowest BCUT2D eigenvalue weighted by Gasteiger charge is -2.12. The number of hydrogen-bond acceptors (Lipinski definition) is 2. The molecule has 0 aliphatic carbocycles. The average Bonchev–Trinajstić information content (AvgIpc) is 2.86. The zero-order valence-corrected chi connectivity index (χ0v) is 10.4. The van der Waals surface area contributed by atoms with Crippen molar-refractivity contribution in [2.24, 2.45) is 0 Å². The summed E-state index contributed by atoms with van der Waals surface area (Å²) in [5.41, 5.74) is 2.35. The minimum Gasteiger partial charge on any atom is -0.314 e. The highest BCUT2D eigenvalue weighted by atomic mass is 35.5. The Balaban J connectivity index is 2.01. The van der Waals surface area contributed by atoms with Crippen molar-refractivity contribution in [3.8, 4) is 0 Å². The molecule has 1 aromatic carbocycles. The van der Waals surface area contributed by atoms with Gasteiger partial charge in [-0.15, -0.1) is 0 Å². The van der Waals surface area contributed by atoms with Crippen LogP contribution in [0.1, 0.15) is 18.4 Å². The van der Waals surface area contributed by atoms with Crippen LogP contribution in [0.3, 0.4) is 0 Å². The lowest BCUT2D eigenvalue weighted by Crippen LogP contribution is -2.23. The Kier molecular flexibility index (Phi) is 3.00. The first-order valence-corrected chi connectivity index (χ1v) is 6.48. The predicted octanol–water partition coefficient (Wildman–Crippen LogP) is 3.18. The van der Waals surface area contributed by atoms with Gasteiger partial charge in [0.25, 0.3) is 0 Å². The first-order chi connectivity index (χ1) is 8.34. The Hall–Kier alpha value is -1.12. The first-order valence-electron chi connectivity index (χ1n) is 6.10. The summed E-state index contributed by atoms with van der Waals surface area (Å²) < 4.78 is 0. The van der Waals surface area contributed by atoms with Crippen LogP contribution in [-0.2, 0) is 6.42 Å². The summed E-state index contributed by atoms with van der Waals surface area (Å²) >= 11 is 6.19. The Labute approximate surface area is 106 Å². The van der Waals surface area contributed by atoms with E-state index >= 15 is 0 Å². The largest absolute Gasteiger partial charge is 0.314 e.